The first-order chi connectivity index (χ1) is 14.4. The van der Waals surface area contributed by atoms with Gasteiger partial charge in [0.2, 0.25) is 5.91 Å². The van der Waals surface area contributed by atoms with Crippen LogP contribution in [0.4, 0.5) is 0 Å². The number of aryl methyl sites for hydroxylation is 1. The lowest BCUT2D eigenvalue weighted by molar-refractivity contribution is -0.124. The zero-order valence-electron chi connectivity index (χ0n) is 17.1. The largest absolute Gasteiger partial charge is 0.419 e. The first kappa shape index (κ1) is 19.9. The molecular formula is C23H24N4O3. The Hall–Kier alpha value is -3.37. The number of fused-ring (bicyclic) bond motifs is 1. The summed E-state index contributed by atoms with van der Waals surface area (Å²) in [5.74, 6) is -0.463. The molecule has 0 radical (unpaired) electrons. The van der Waals surface area contributed by atoms with Gasteiger partial charge in [0.05, 0.1) is 17.5 Å². The Morgan fingerprint density at radius 1 is 1.23 bits per heavy atom. The van der Waals surface area contributed by atoms with E-state index in [9.17, 15) is 14.9 Å². The summed E-state index contributed by atoms with van der Waals surface area (Å²) in [7, 11) is 3.68. The quantitative estimate of drug-likeness (QED) is 0.705. The molecule has 4 rings (SSSR count). The third-order valence-electron chi connectivity index (χ3n) is 5.75. The molecule has 1 unspecified atom stereocenters. The third kappa shape index (κ3) is 4.00. The topological polar surface area (TPSA) is 91.3 Å². The van der Waals surface area contributed by atoms with E-state index in [0.717, 1.165) is 41.7 Å². The van der Waals surface area contributed by atoms with Gasteiger partial charge in [0.15, 0.2) is 5.58 Å². The minimum atomic E-state index is -0.550. The highest BCUT2D eigenvalue weighted by molar-refractivity contribution is 5.81. The maximum absolute atomic E-state index is 12.4. The van der Waals surface area contributed by atoms with Crippen molar-refractivity contribution in [2.45, 2.75) is 18.9 Å². The van der Waals surface area contributed by atoms with Gasteiger partial charge in [-0.3, -0.25) is 9.36 Å². The van der Waals surface area contributed by atoms with Crippen LogP contribution >= 0.6 is 0 Å². The number of benzene rings is 2. The first-order valence-corrected chi connectivity index (χ1v) is 10.0. The first-order valence-electron chi connectivity index (χ1n) is 10.0. The predicted octanol–water partition coefficient (Wildman–Crippen LogP) is 2.30. The molecule has 7 nitrogen and oxygen atoms in total. The van der Waals surface area contributed by atoms with Crippen LogP contribution in [0, 0.1) is 17.2 Å². The standard InChI is InChI=1S/C23H24N4O3/c1-26-10-9-18(14-26)22(28)25-19(13-24)11-15-3-5-16(6-4-15)17-7-8-21-20(12-17)27(2)23(29)30-21/h3-8,12,18-19H,9-11,14H2,1-2H3,(H,25,28)/t18?,19-/m0/s1. The van der Waals surface area contributed by atoms with Crippen LogP contribution in [-0.4, -0.2) is 41.6 Å². The maximum Gasteiger partial charge on any atom is 0.419 e. The molecule has 0 bridgehead atoms. The van der Waals surface area contributed by atoms with Crippen molar-refractivity contribution < 1.29 is 9.21 Å². The Labute approximate surface area is 174 Å². The lowest BCUT2D eigenvalue weighted by Crippen LogP contribution is -2.40. The van der Waals surface area contributed by atoms with Crippen molar-refractivity contribution in [3.8, 4) is 17.2 Å². The molecule has 2 aromatic carbocycles. The van der Waals surface area contributed by atoms with Crippen molar-refractivity contribution in [1.82, 2.24) is 14.8 Å². The molecule has 1 amide bonds. The highest BCUT2D eigenvalue weighted by Crippen LogP contribution is 2.24. The second-order valence-corrected chi connectivity index (χ2v) is 7.95. The van der Waals surface area contributed by atoms with Gasteiger partial charge < -0.3 is 14.6 Å². The fraction of sp³-hybridized carbons (Fsp3) is 0.348. The number of nitrogens with one attached hydrogen (secondary N) is 1. The summed E-state index contributed by atoms with van der Waals surface area (Å²) in [6, 6.07) is 15.2. The molecular weight excluding hydrogens is 380 g/mol. The second kappa shape index (κ2) is 8.17. The van der Waals surface area contributed by atoms with Gasteiger partial charge in [-0.2, -0.15) is 5.26 Å². The minimum Gasteiger partial charge on any atom is -0.408 e. The van der Waals surface area contributed by atoms with Gasteiger partial charge >= 0.3 is 5.76 Å². The summed E-state index contributed by atoms with van der Waals surface area (Å²) >= 11 is 0. The number of likely N-dealkylation sites (tertiary alicyclic amines) is 1. The Morgan fingerprint density at radius 2 is 1.97 bits per heavy atom. The smallest absolute Gasteiger partial charge is 0.408 e. The van der Waals surface area contributed by atoms with Crippen molar-refractivity contribution >= 4 is 17.0 Å². The Bertz CT molecular complexity index is 1170. The van der Waals surface area contributed by atoms with E-state index in [4.69, 9.17) is 4.42 Å². The van der Waals surface area contributed by atoms with Crippen molar-refractivity contribution in [2.75, 3.05) is 20.1 Å². The van der Waals surface area contributed by atoms with Crippen LogP contribution in [0.25, 0.3) is 22.2 Å². The van der Waals surface area contributed by atoms with Crippen LogP contribution < -0.4 is 11.1 Å². The summed E-state index contributed by atoms with van der Waals surface area (Å²) < 4.78 is 6.66. The van der Waals surface area contributed by atoms with Crippen LogP contribution in [0.5, 0.6) is 0 Å². The fourth-order valence-corrected chi connectivity index (χ4v) is 3.94. The summed E-state index contributed by atoms with van der Waals surface area (Å²) in [5.41, 5.74) is 4.25. The summed E-state index contributed by atoms with van der Waals surface area (Å²) in [6.45, 7) is 1.65. The summed E-state index contributed by atoms with van der Waals surface area (Å²) in [6.07, 6.45) is 1.29. The zero-order chi connectivity index (χ0) is 21.3. The van der Waals surface area contributed by atoms with Crippen LogP contribution in [0.2, 0.25) is 0 Å². The normalized spacial score (nSPS) is 17.7. The number of nitrogens with zero attached hydrogens (tertiary/aromatic N) is 3. The second-order valence-electron chi connectivity index (χ2n) is 7.95. The Balaban J connectivity index is 1.45. The molecule has 1 aliphatic rings. The van der Waals surface area contributed by atoms with Crippen LogP contribution in [0.3, 0.4) is 0 Å². The van der Waals surface area contributed by atoms with E-state index in [1.807, 2.05) is 43.4 Å². The number of carbonyl (C=O) groups is 1. The van der Waals surface area contributed by atoms with E-state index in [-0.39, 0.29) is 17.6 Å². The van der Waals surface area contributed by atoms with E-state index in [2.05, 4.69) is 16.3 Å². The zero-order valence-corrected chi connectivity index (χ0v) is 17.1. The molecule has 1 fully saturated rings. The van der Waals surface area contributed by atoms with Gasteiger partial charge in [-0.25, -0.2) is 4.79 Å². The van der Waals surface area contributed by atoms with Gasteiger partial charge in [-0.05, 0) is 48.8 Å². The molecule has 1 N–H and O–H groups in total. The number of nitriles is 1. The van der Waals surface area contributed by atoms with Crippen molar-refractivity contribution in [3.05, 3.63) is 58.6 Å². The van der Waals surface area contributed by atoms with Crippen molar-refractivity contribution in [1.29, 1.82) is 5.26 Å². The minimum absolute atomic E-state index is 0.0398. The highest BCUT2D eigenvalue weighted by atomic mass is 16.4. The fourth-order valence-electron chi connectivity index (χ4n) is 3.94. The number of aromatic nitrogens is 1. The molecule has 2 atom stereocenters. The maximum atomic E-state index is 12.4. The monoisotopic (exact) mass is 404 g/mol. The molecule has 154 valence electrons. The SMILES string of the molecule is CN1CCC(C(=O)N[C@H](C#N)Cc2ccc(-c3ccc4oc(=O)n(C)c4c3)cc2)C1. The highest BCUT2D eigenvalue weighted by Gasteiger charge is 2.27. The molecule has 0 aliphatic carbocycles. The average molecular weight is 404 g/mol. The predicted molar refractivity (Wildman–Crippen MR) is 114 cm³/mol. The molecule has 1 aliphatic heterocycles. The molecule has 7 heteroatoms. The van der Waals surface area contributed by atoms with Crippen molar-refractivity contribution in [2.24, 2.45) is 13.0 Å². The molecule has 3 aromatic rings. The molecule has 2 heterocycles. The van der Waals surface area contributed by atoms with E-state index in [1.165, 1.54) is 4.57 Å². The van der Waals surface area contributed by atoms with E-state index < -0.39 is 6.04 Å². The molecule has 1 aromatic heterocycles. The van der Waals surface area contributed by atoms with Crippen LogP contribution in [0.15, 0.2) is 51.7 Å². The number of oxazole rings is 1. The Kier molecular flexibility index (Phi) is 5.42. The van der Waals surface area contributed by atoms with Gasteiger partial charge in [0.25, 0.3) is 0 Å². The number of amides is 1. The number of rotatable bonds is 5. The average Bonchev–Trinajstić information content (AvgIpc) is 3.31. The molecule has 0 spiro atoms. The number of carbonyl (C=O) groups excluding carboxylic acids is 1. The third-order valence-corrected chi connectivity index (χ3v) is 5.75. The van der Waals surface area contributed by atoms with E-state index >= 15 is 0 Å². The van der Waals surface area contributed by atoms with E-state index in [1.54, 1.807) is 13.1 Å². The summed E-state index contributed by atoms with van der Waals surface area (Å²) in [5, 5.41) is 12.4. The number of hydrogen-bond acceptors (Lipinski definition) is 5. The lowest BCUT2D eigenvalue weighted by atomic mass is 10.00. The number of hydrogen-bond donors (Lipinski definition) is 1. The Morgan fingerprint density at radius 3 is 2.63 bits per heavy atom. The van der Waals surface area contributed by atoms with Crippen molar-refractivity contribution in [3.63, 3.8) is 0 Å². The molecule has 0 saturated carbocycles. The molecule has 1 saturated heterocycles. The molecule has 30 heavy (non-hydrogen) atoms. The van der Waals surface area contributed by atoms with Gasteiger partial charge in [-0.15, -0.1) is 0 Å². The van der Waals surface area contributed by atoms with E-state index in [0.29, 0.717) is 12.0 Å². The van der Waals surface area contributed by atoms with Crippen LogP contribution in [0.1, 0.15) is 12.0 Å². The van der Waals surface area contributed by atoms with Gasteiger partial charge in [-0.1, -0.05) is 30.3 Å². The van der Waals surface area contributed by atoms with Crippen LogP contribution in [-0.2, 0) is 18.3 Å². The van der Waals surface area contributed by atoms with Gasteiger partial charge in [0, 0.05) is 20.0 Å². The van der Waals surface area contributed by atoms with Gasteiger partial charge in [0.1, 0.15) is 6.04 Å². The lowest BCUT2D eigenvalue weighted by Gasteiger charge is -2.15. The summed E-state index contributed by atoms with van der Waals surface area (Å²) in [4.78, 5) is 26.2.